The van der Waals surface area contributed by atoms with Gasteiger partial charge in [-0.25, -0.2) is 4.79 Å². The molecule has 18 heavy (non-hydrogen) atoms. The maximum atomic E-state index is 10.9. The summed E-state index contributed by atoms with van der Waals surface area (Å²) in [5.74, 6) is 0. The van der Waals surface area contributed by atoms with Crippen LogP contribution < -0.4 is 0 Å². The summed E-state index contributed by atoms with van der Waals surface area (Å²) in [5.41, 5.74) is 0.873. The van der Waals surface area contributed by atoms with Gasteiger partial charge in [0.1, 0.15) is 6.29 Å². The van der Waals surface area contributed by atoms with Gasteiger partial charge in [0.15, 0.2) is 0 Å². The number of hydrogen-bond acceptors (Lipinski definition) is 2. The summed E-state index contributed by atoms with van der Waals surface area (Å²) < 4.78 is 0. The molecular formula is C14H13NO3. The topological polar surface area (TPSA) is 57.6 Å². The number of amides is 1. The molecule has 1 amide bonds. The summed E-state index contributed by atoms with van der Waals surface area (Å²) in [6.45, 7) is 0.112. The lowest BCUT2D eigenvalue weighted by Gasteiger charge is -2.16. The lowest BCUT2D eigenvalue weighted by Crippen LogP contribution is -2.30. The molecular weight excluding hydrogens is 230 g/mol. The van der Waals surface area contributed by atoms with Gasteiger partial charge in [0, 0.05) is 6.54 Å². The maximum absolute atomic E-state index is 10.9. The lowest BCUT2D eigenvalue weighted by molar-refractivity contribution is -0.108. The van der Waals surface area contributed by atoms with Gasteiger partial charge in [0.25, 0.3) is 0 Å². The quantitative estimate of drug-likeness (QED) is 0.839. The molecule has 0 aliphatic rings. The highest BCUT2D eigenvalue weighted by Gasteiger charge is 2.11. The average Bonchev–Trinajstić information content (AvgIpc) is 2.38. The normalized spacial score (nSPS) is 10.2. The van der Waals surface area contributed by atoms with Gasteiger partial charge in [-0.05, 0) is 22.4 Å². The number of carbonyl (C=O) groups excluding carboxylic acids is 1. The molecule has 0 bridgehead atoms. The van der Waals surface area contributed by atoms with E-state index in [2.05, 4.69) is 0 Å². The number of carbonyl (C=O) groups is 2. The second-order valence-electron chi connectivity index (χ2n) is 4.01. The van der Waals surface area contributed by atoms with Gasteiger partial charge in [-0.2, -0.15) is 0 Å². The van der Waals surface area contributed by atoms with Crippen molar-refractivity contribution in [3.8, 4) is 0 Å². The van der Waals surface area contributed by atoms with Crippen molar-refractivity contribution in [3.63, 3.8) is 0 Å². The monoisotopic (exact) mass is 243 g/mol. The molecule has 0 aromatic heterocycles. The molecule has 2 aromatic rings. The van der Waals surface area contributed by atoms with Gasteiger partial charge in [-0.1, -0.05) is 36.4 Å². The highest BCUT2D eigenvalue weighted by Crippen LogP contribution is 2.16. The van der Waals surface area contributed by atoms with Crippen molar-refractivity contribution in [1.29, 1.82) is 0 Å². The third-order valence-corrected chi connectivity index (χ3v) is 2.75. The van der Waals surface area contributed by atoms with E-state index in [9.17, 15) is 9.59 Å². The smallest absolute Gasteiger partial charge is 0.407 e. The molecule has 0 aliphatic carbocycles. The van der Waals surface area contributed by atoms with Crippen molar-refractivity contribution in [3.05, 3.63) is 48.0 Å². The molecule has 0 aliphatic heterocycles. The number of aldehydes is 1. The number of hydrogen-bond donors (Lipinski definition) is 1. The van der Waals surface area contributed by atoms with Crippen LogP contribution in [0.3, 0.4) is 0 Å². The van der Waals surface area contributed by atoms with Gasteiger partial charge < -0.3 is 9.90 Å². The zero-order valence-electron chi connectivity index (χ0n) is 9.74. The summed E-state index contributed by atoms with van der Waals surface area (Å²) in [6, 6.07) is 13.6. The van der Waals surface area contributed by atoms with E-state index in [0.717, 1.165) is 21.2 Å². The number of fused-ring (bicyclic) bond motifs is 1. The van der Waals surface area contributed by atoms with E-state index < -0.39 is 6.09 Å². The lowest BCUT2D eigenvalue weighted by atomic mass is 10.1. The molecule has 92 valence electrons. The van der Waals surface area contributed by atoms with Crippen molar-refractivity contribution >= 4 is 23.2 Å². The van der Waals surface area contributed by atoms with Crippen LogP contribution in [-0.2, 0) is 11.3 Å². The Morgan fingerprint density at radius 3 is 2.56 bits per heavy atom. The van der Waals surface area contributed by atoms with Crippen LogP contribution in [0, 0.1) is 0 Å². The first-order valence-corrected chi connectivity index (χ1v) is 5.60. The summed E-state index contributed by atoms with van der Waals surface area (Å²) in [7, 11) is 0. The van der Waals surface area contributed by atoms with Crippen LogP contribution in [0.4, 0.5) is 4.79 Å². The highest BCUT2D eigenvalue weighted by molar-refractivity contribution is 5.83. The second-order valence-corrected chi connectivity index (χ2v) is 4.01. The van der Waals surface area contributed by atoms with Crippen molar-refractivity contribution in [2.24, 2.45) is 0 Å². The van der Waals surface area contributed by atoms with Gasteiger partial charge in [0.05, 0.1) is 6.54 Å². The predicted molar refractivity (Wildman–Crippen MR) is 68.4 cm³/mol. The fourth-order valence-electron chi connectivity index (χ4n) is 1.86. The number of benzene rings is 2. The first kappa shape index (κ1) is 12.1. The summed E-state index contributed by atoms with van der Waals surface area (Å²) in [4.78, 5) is 22.4. The van der Waals surface area contributed by atoms with Crippen LogP contribution in [0.25, 0.3) is 10.8 Å². The van der Waals surface area contributed by atoms with E-state index in [0.29, 0.717) is 6.29 Å². The second kappa shape index (κ2) is 5.31. The van der Waals surface area contributed by atoms with Crippen LogP contribution in [-0.4, -0.2) is 28.9 Å². The third-order valence-electron chi connectivity index (χ3n) is 2.75. The molecule has 0 atom stereocenters. The van der Waals surface area contributed by atoms with Gasteiger partial charge in [-0.15, -0.1) is 0 Å². The Kier molecular flexibility index (Phi) is 3.57. The van der Waals surface area contributed by atoms with Crippen LogP contribution >= 0.6 is 0 Å². The predicted octanol–water partition coefficient (Wildman–Crippen LogP) is 2.52. The Bertz CT molecular complexity index is 580. The summed E-state index contributed by atoms with van der Waals surface area (Å²) in [5, 5.41) is 11.1. The minimum absolute atomic E-state index is 0.109. The maximum Gasteiger partial charge on any atom is 0.407 e. The first-order chi connectivity index (χ1) is 8.70. The average molecular weight is 243 g/mol. The number of nitrogens with zero attached hydrogens (tertiary/aromatic N) is 1. The van der Waals surface area contributed by atoms with Crippen LogP contribution in [0.5, 0.6) is 0 Å². The van der Waals surface area contributed by atoms with Crippen molar-refractivity contribution in [2.45, 2.75) is 6.54 Å². The van der Waals surface area contributed by atoms with Crippen molar-refractivity contribution < 1.29 is 14.7 Å². The Labute approximate surface area is 104 Å². The standard InChI is InChI=1S/C14H13NO3/c16-8-7-15(14(17)18)10-11-5-6-12-3-1-2-4-13(12)9-11/h1-6,8-9H,7,10H2,(H,17,18). The Hall–Kier alpha value is -2.36. The number of rotatable bonds is 4. The molecule has 0 fully saturated rings. The molecule has 0 unspecified atom stereocenters. The number of carboxylic acid groups (broad SMARTS) is 1. The first-order valence-electron chi connectivity index (χ1n) is 5.60. The zero-order chi connectivity index (χ0) is 13.0. The summed E-state index contributed by atoms with van der Waals surface area (Å²) in [6.07, 6.45) is -0.495. The molecule has 2 rings (SSSR count). The van der Waals surface area contributed by atoms with Crippen LogP contribution in [0.1, 0.15) is 5.56 Å². The highest BCUT2D eigenvalue weighted by atomic mass is 16.4. The molecule has 1 N–H and O–H groups in total. The molecule has 0 radical (unpaired) electrons. The fraction of sp³-hybridized carbons (Fsp3) is 0.143. The van der Waals surface area contributed by atoms with Gasteiger partial charge in [0.2, 0.25) is 0 Å². The van der Waals surface area contributed by atoms with Crippen LogP contribution in [0.15, 0.2) is 42.5 Å². The molecule has 2 aromatic carbocycles. The summed E-state index contributed by atoms with van der Waals surface area (Å²) >= 11 is 0. The van der Waals surface area contributed by atoms with Crippen molar-refractivity contribution in [2.75, 3.05) is 6.54 Å². The van der Waals surface area contributed by atoms with E-state index in [1.165, 1.54) is 0 Å². The molecule has 4 heteroatoms. The van der Waals surface area contributed by atoms with E-state index in [4.69, 9.17) is 5.11 Å². The van der Waals surface area contributed by atoms with Gasteiger partial charge in [-0.3, -0.25) is 4.90 Å². The van der Waals surface area contributed by atoms with Crippen molar-refractivity contribution in [1.82, 2.24) is 4.90 Å². The van der Waals surface area contributed by atoms with Gasteiger partial charge >= 0.3 is 6.09 Å². The van der Waals surface area contributed by atoms with E-state index in [1.807, 2.05) is 42.5 Å². The van der Waals surface area contributed by atoms with E-state index >= 15 is 0 Å². The molecule has 0 saturated heterocycles. The molecule has 4 nitrogen and oxygen atoms in total. The Morgan fingerprint density at radius 2 is 1.89 bits per heavy atom. The fourth-order valence-corrected chi connectivity index (χ4v) is 1.86. The van der Waals surface area contributed by atoms with E-state index in [1.54, 1.807) is 0 Å². The third kappa shape index (κ3) is 2.66. The minimum Gasteiger partial charge on any atom is -0.465 e. The minimum atomic E-state index is -1.09. The zero-order valence-corrected chi connectivity index (χ0v) is 9.74. The Morgan fingerprint density at radius 1 is 1.17 bits per heavy atom. The van der Waals surface area contributed by atoms with E-state index in [-0.39, 0.29) is 13.1 Å². The van der Waals surface area contributed by atoms with Crippen LogP contribution in [0.2, 0.25) is 0 Å². The largest absolute Gasteiger partial charge is 0.465 e. The molecule has 0 saturated carbocycles. The SMILES string of the molecule is O=CCN(Cc1ccc2ccccc2c1)C(=O)O. The molecule has 0 spiro atoms. The molecule has 0 heterocycles. The Balaban J connectivity index is 2.25.